The normalized spacial score (nSPS) is 20.5. The summed E-state index contributed by atoms with van der Waals surface area (Å²) in [5.41, 5.74) is 1.12. The summed E-state index contributed by atoms with van der Waals surface area (Å²) < 4.78 is 17.1. The van der Waals surface area contributed by atoms with Gasteiger partial charge >= 0.3 is 0 Å². The van der Waals surface area contributed by atoms with E-state index in [4.69, 9.17) is 14.2 Å². The highest BCUT2D eigenvalue weighted by Crippen LogP contribution is 2.31. The molecule has 4 rings (SSSR count). The van der Waals surface area contributed by atoms with Crippen molar-refractivity contribution in [3.05, 3.63) is 47.7 Å². The van der Waals surface area contributed by atoms with Gasteiger partial charge in [-0.2, -0.15) is 0 Å². The second-order valence-corrected chi connectivity index (χ2v) is 9.18. The van der Waals surface area contributed by atoms with Crippen LogP contribution in [-0.2, 0) is 20.7 Å². The molecule has 1 amide bonds. The maximum atomic E-state index is 12.7. The SMILES string of the molecule is CCC(=O)C1C=CC(OCCC(=O)NC(Cc2ccc3c(c2)OCCO3)CN2CCCC2)=CC1. The van der Waals surface area contributed by atoms with Crippen LogP contribution in [-0.4, -0.2) is 62.1 Å². The quantitative estimate of drug-likeness (QED) is 0.536. The zero-order chi connectivity index (χ0) is 23.8. The number of ketones is 1. The lowest BCUT2D eigenvalue weighted by Gasteiger charge is -2.25. The van der Waals surface area contributed by atoms with Crippen LogP contribution >= 0.6 is 0 Å². The Kier molecular flexibility index (Phi) is 8.63. The molecule has 0 radical (unpaired) electrons. The standard InChI is InChI=1S/C27H36N2O5/c1-2-24(30)21-6-8-23(9-7-21)32-14-11-27(31)28-22(19-29-12-3-4-13-29)17-20-5-10-25-26(18-20)34-16-15-33-25/h5-6,8-10,18,21-22H,2-4,7,11-17,19H2,1H3,(H,28,31). The molecule has 2 atom stereocenters. The maximum Gasteiger partial charge on any atom is 0.223 e. The van der Waals surface area contributed by atoms with Crippen molar-refractivity contribution in [1.82, 2.24) is 10.2 Å². The largest absolute Gasteiger partial charge is 0.493 e. The number of Topliss-reactive ketones (excluding diaryl/α,β-unsaturated/α-hetero) is 1. The molecule has 1 aromatic rings. The Hall–Kier alpha value is -2.80. The van der Waals surface area contributed by atoms with E-state index in [2.05, 4.69) is 16.3 Å². The van der Waals surface area contributed by atoms with Gasteiger partial charge < -0.3 is 24.4 Å². The first-order chi connectivity index (χ1) is 16.6. The molecule has 0 spiro atoms. The van der Waals surface area contributed by atoms with Crippen LogP contribution in [0.4, 0.5) is 0 Å². The molecule has 0 aromatic heterocycles. The molecule has 0 bridgehead atoms. The minimum absolute atomic E-state index is 0.0128. The molecule has 184 valence electrons. The van der Waals surface area contributed by atoms with E-state index in [1.807, 2.05) is 37.3 Å². The average molecular weight is 469 g/mol. The van der Waals surface area contributed by atoms with Crippen LogP contribution in [0.3, 0.4) is 0 Å². The van der Waals surface area contributed by atoms with Crippen LogP contribution in [0, 0.1) is 5.92 Å². The summed E-state index contributed by atoms with van der Waals surface area (Å²) in [6.07, 6.45) is 10.4. The van der Waals surface area contributed by atoms with Crippen LogP contribution in [0.1, 0.15) is 44.6 Å². The lowest BCUT2D eigenvalue weighted by atomic mass is 9.94. The Bertz CT molecular complexity index is 920. The number of benzene rings is 1. The molecule has 2 aliphatic heterocycles. The Labute approximate surface area is 202 Å². The smallest absolute Gasteiger partial charge is 0.223 e. The van der Waals surface area contributed by atoms with E-state index in [9.17, 15) is 9.59 Å². The van der Waals surface area contributed by atoms with Crippen LogP contribution in [0.25, 0.3) is 0 Å². The summed E-state index contributed by atoms with van der Waals surface area (Å²) in [5.74, 6) is 2.48. The number of likely N-dealkylation sites (tertiary alicyclic amines) is 1. The Morgan fingerprint density at radius 3 is 2.71 bits per heavy atom. The van der Waals surface area contributed by atoms with Gasteiger partial charge in [-0.05, 0) is 68.6 Å². The summed E-state index contributed by atoms with van der Waals surface area (Å²) >= 11 is 0. The second-order valence-electron chi connectivity index (χ2n) is 9.18. The lowest BCUT2D eigenvalue weighted by Crippen LogP contribution is -2.44. The molecule has 1 saturated heterocycles. The molecular formula is C27H36N2O5. The second kappa shape index (κ2) is 12.1. The van der Waals surface area contributed by atoms with E-state index in [0.29, 0.717) is 39.1 Å². The third-order valence-corrected chi connectivity index (χ3v) is 6.56. The molecule has 1 fully saturated rings. The van der Waals surface area contributed by atoms with E-state index < -0.39 is 0 Å². The summed E-state index contributed by atoms with van der Waals surface area (Å²) in [5, 5.41) is 3.22. The van der Waals surface area contributed by atoms with E-state index in [1.165, 1.54) is 12.8 Å². The number of nitrogens with one attached hydrogen (secondary N) is 1. The molecule has 34 heavy (non-hydrogen) atoms. The molecule has 7 heteroatoms. The third-order valence-electron chi connectivity index (χ3n) is 6.56. The van der Waals surface area contributed by atoms with Crippen LogP contribution in [0.5, 0.6) is 11.5 Å². The monoisotopic (exact) mass is 468 g/mol. The fraction of sp³-hybridized carbons (Fsp3) is 0.556. The summed E-state index contributed by atoms with van der Waals surface area (Å²) in [7, 11) is 0. The highest BCUT2D eigenvalue weighted by Gasteiger charge is 2.21. The van der Waals surface area contributed by atoms with Gasteiger partial charge in [0.25, 0.3) is 0 Å². The first-order valence-electron chi connectivity index (χ1n) is 12.5. The molecule has 0 saturated carbocycles. The number of fused-ring (bicyclic) bond motifs is 1. The Morgan fingerprint density at radius 1 is 1.18 bits per heavy atom. The average Bonchev–Trinajstić information content (AvgIpc) is 3.37. The highest BCUT2D eigenvalue weighted by molar-refractivity contribution is 5.82. The van der Waals surface area contributed by atoms with Crippen molar-refractivity contribution in [2.45, 2.75) is 51.5 Å². The molecule has 1 aliphatic carbocycles. The highest BCUT2D eigenvalue weighted by atomic mass is 16.6. The van der Waals surface area contributed by atoms with Gasteiger partial charge in [-0.3, -0.25) is 9.59 Å². The molecule has 3 aliphatic rings. The topological polar surface area (TPSA) is 77.1 Å². The molecule has 1 aromatic carbocycles. The number of allylic oxidation sites excluding steroid dienone is 3. The molecule has 1 N–H and O–H groups in total. The third kappa shape index (κ3) is 6.86. The van der Waals surface area contributed by atoms with Crippen molar-refractivity contribution in [3.8, 4) is 11.5 Å². The number of carbonyl (C=O) groups is 2. The first kappa shape index (κ1) is 24.3. The van der Waals surface area contributed by atoms with Gasteiger partial charge in [0.2, 0.25) is 5.91 Å². The lowest BCUT2D eigenvalue weighted by molar-refractivity contribution is -0.122. The van der Waals surface area contributed by atoms with E-state index >= 15 is 0 Å². The first-order valence-corrected chi connectivity index (χ1v) is 12.5. The van der Waals surface area contributed by atoms with Gasteiger partial charge in [-0.15, -0.1) is 0 Å². The zero-order valence-corrected chi connectivity index (χ0v) is 20.1. The van der Waals surface area contributed by atoms with E-state index in [0.717, 1.165) is 48.9 Å². The van der Waals surface area contributed by atoms with E-state index in [-0.39, 0.29) is 23.7 Å². The van der Waals surface area contributed by atoms with Crippen LogP contribution < -0.4 is 14.8 Å². The number of hydrogen-bond acceptors (Lipinski definition) is 6. The maximum absolute atomic E-state index is 12.7. The van der Waals surface area contributed by atoms with Gasteiger partial charge in [-0.1, -0.05) is 19.1 Å². The minimum atomic E-state index is -0.0486. The van der Waals surface area contributed by atoms with Gasteiger partial charge in [-0.25, -0.2) is 0 Å². The summed E-state index contributed by atoms with van der Waals surface area (Å²) in [6.45, 7) is 6.33. The molecular weight excluding hydrogens is 432 g/mol. The van der Waals surface area contributed by atoms with Crippen molar-refractivity contribution >= 4 is 11.7 Å². The Balaban J connectivity index is 1.28. The fourth-order valence-electron chi connectivity index (χ4n) is 4.71. The predicted molar refractivity (Wildman–Crippen MR) is 130 cm³/mol. The van der Waals surface area contributed by atoms with Crippen molar-refractivity contribution in [2.24, 2.45) is 5.92 Å². The van der Waals surface area contributed by atoms with Gasteiger partial charge in [0.1, 0.15) is 24.8 Å². The number of hydrogen-bond donors (Lipinski definition) is 1. The number of nitrogens with zero attached hydrogens (tertiary/aromatic N) is 1. The summed E-state index contributed by atoms with van der Waals surface area (Å²) in [4.78, 5) is 27.0. The van der Waals surface area contributed by atoms with E-state index in [1.54, 1.807) is 0 Å². The van der Waals surface area contributed by atoms with Crippen molar-refractivity contribution in [2.75, 3.05) is 39.5 Å². The van der Waals surface area contributed by atoms with Crippen LogP contribution in [0.15, 0.2) is 42.2 Å². The zero-order valence-electron chi connectivity index (χ0n) is 20.1. The number of rotatable bonds is 11. The van der Waals surface area contributed by atoms with Crippen molar-refractivity contribution in [3.63, 3.8) is 0 Å². The number of amides is 1. The van der Waals surface area contributed by atoms with Gasteiger partial charge in [0.15, 0.2) is 11.5 Å². The molecule has 2 unspecified atom stereocenters. The number of ether oxygens (including phenoxy) is 3. The van der Waals surface area contributed by atoms with Crippen LogP contribution in [0.2, 0.25) is 0 Å². The van der Waals surface area contributed by atoms with Gasteiger partial charge in [0.05, 0.1) is 13.0 Å². The van der Waals surface area contributed by atoms with Gasteiger partial charge in [0, 0.05) is 24.9 Å². The Morgan fingerprint density at radius 2 is 1.97 bits per heavy atom. The van der Waals surface area contributed by atoms with Crippen molar-refractivity contribution in [1.29, 1.82) is 0 Å². The predicted octanol–water partition coefficient (Wildman–Crippen LogP) is 3.43. The number of carbonyl (C=O) groups excluding carboxylic acids is 2. The molecule has 2 heterocycles. The minimum Gasteiger partial charge on any atom is -0.493 e. The fourth-order valence-corrected chi connectivity index (χ4v) is 4.71. The molecule has 7 nitrogen and oxygen atoms in total. The summed E-state index contributed by atoms with van der Waals surface area (Å²) in [6, 6.07) is 6.05. The van der Waals surface area contributed by atoms with Crippen molar-refractivity contribution < 1.29 is 23.8 Å².